The summed E-state index contributed by atoms with van der Waals surface area (Å²) in [5, 5.41) is 11.1. The van der Waals surface area contributed by atoms with Gasteiger partial charge in [-0.25, -0.2) is 0 Å². The smallest absolute Gasteiger partial charge is 0.303 e. The lowest BCUT2D eigenvalue weighted by Gasteiger charge is -2.05. The first-order chi connectivity index (χ1) is 9.86. The second-order valence-electron chi connectivity index (χ2n) is 4.25. The van der Waals surface area contributed by atoms with Crippen molar-refractivity contribution in [3.8, 4) is 0 Å². The van der Waals surface area contributed by atoms with Crippen molar-refractivity contribution in [1.29, 1.82) is 0 Å². The zero-order valence-electron chi connectivity index (χ0n) is 11.2. The maximum Gasteiger partial charge on any atom is 0.303 e. The predicted octanol–water partition coefficient (Wildman–Crippen LogP) is -0.168. The number of nitrogens with two attached hydrogens (primary N) is 2. The molecular formula is C13H16N4O4. The number of nitrogens with zero attached hydrogens (tertiary/aromatic N) is 1. The number of carboxylic acid groups (broad SMARTS) is 1. The number of carboxylic acids is 1. The van der Waals surface area contributed by atoms with Gasteiger partial charge in [0.05, 0.1) is 0 Å². The van der Waals surface area contributed by atoms with Crippen molar-refractivity contribution in [3.63, 3.8) is 0 Å². The third kappa shape index (κ3) is 6.71. The summed E-state index contributed by atoms with van der Waals surface area (Å²) in [5.74, 6) is -2.53. The van der Waals surface area contributed by atoms with Crippen molar-refractivity contribution >= 4 is 29.4 Å². The summed E-state index contributed by atoms with van der Waals surface area (Å²) in [5.41, 5.74) is 11.4. The Balaban J connectivity index is 2.51. The molecule has 0 spiro atoms. The lowest BCUT2D eigenvalue weighted by atomic mass is 10.1. The van der Waals surface area contributed by atoms with Crippen molar-refractivity contribution in [2.24, 2.45) is 16.5 Å². The highest BCUT2D eigenvalue weighted by molar-refractivity contribution is 6.06. The summed E-state index contributed by atoms with van der Waals surface area (Å²) in [6.07, 6.45) is -0.00999. The minimum absolute atomic E-state index is 0.0404. The van der Waals surface area contributed by atoms with Crippen LogP contribution in [0.4, 0.5) is 5.69 Å². The number of carbonyl (C=O) groups excluding carboxylic acids is 2. The second kappa shape index (κ2) is 7.63. The monoisotopic (exact) mass is 292 g/mol. The molecule has 0 aliphatic heterocycles. The first-order valence-corrected chi connectivity index (χ1v) is 6.10. The summed E-state index contributed by atoms with van der Waals surface area (Å²) in [4.78, 5) is 36.4. The molecule has 0 atom stereocenters. The highest BCUT2D eigenvalue weighted by Gasteiger charge is 2.09. The van der Waals surface area contributed by atoms with Gasteiger partial charge in [-0.05, 0) is 24.1 Å². The maximum absolute atomic E-state index is 11.5. The second-order valence-corrected chi connectivity index (χ2v) is 4.25. The third-order valence-corrected chi connectivity index (χ3v) is 2.43. The standard InChI is InChI=1S/C13H16N4O4/c14-13(15)17-11(19)7-10(18)16-9-4-1-8(2-5-9)3-6-12(20)21/h1-2,4-5H,3,6-7H2,(H,16,18)(H,20,21)(H4,14,15,17,19). The summed E-state index contributed by atoms with van der Waals surface area (Å²) < 4.78 is 0. The molecule has 0 fully saturated rings. The minimum Gasteiger partial charge on any atom is -0.481 e. The van der Waals surface area contributed by atoms with E-state index in [0.29, 0.717) is 12.1 Å². The topological polar surface area (TPSA) is 148 Å². The first-order valence-electron chi connectivity index (χ1n) is 6.10. The Bertz CT molecular complexity index is 562. The molecular weight excluding hydrogens is 276 g/mol. The number of benzene rings is 1. The van der Waals surface area contributed by atoms with E-state index >= 15 is 0 Å². The third-order valence-electron chi connectivity index (χ3n) is 2.43. The molecule has 0 aliphatic rings. The lowest BCUT2D eigenvalue weighted by molar-refractivity contribution is -0.137. The average Bonchev–Trinajstić information content (AvgIpc) is 2.36. The van der Waals surface area contributed by atoms with E-state index in [9.17, 15) is 14.4 Å². The van der Waals surface area contributed by atoms with Gasteiger partial charge in [0.15, 0.2) is 5.96 Å². The highest BCUT2D eigenvalue weighted by atomic mass is 16.4. The molecule has 0 heterocycles. The highest BCUT2D eigenvalue weighted by Crippen LogP contribution is 2.11. The Hall–Kier alpha value is -2.90. The number of carbonyl (C=O) groups is 3. The zero-order valence-corrected chi connectivity index (χ0v) is 11.2. The van der Waals surface area contributed by atoms with Crippen molar-refractivity contribution in [2.75, 3.05) is 5.32 Å². The Kier molecular flexibility index (Phi) is 5.87. The minimum atomic E-state index is -0.870. The molecule has 6 N–H and O–H groups in total. The molecule has 1 rings (SSSR count). The molecule has 0 saturated heterocycles. The number of nitrogens with one attached hydrogen (secondary N) is 1. The molecule has 0 bridgehead atoms. The number of aliphatic carboxylic acids is 1. The van der Waals surface area contributed by atoms with Gasteiger partial charge in [0.1, 0.15) is 6.42 Å². The fourth-order valence-corrected chi connectivity index (χ4v) is 1.53. The summed E-state index contributed by atoms with van der Waals surface area (Å²) >= 11 is 0. The van der Waals surface area contributed by atoms with Crippen LogP contribution in [0.2, 0.25) is 0 Å². The van der Waals surface area contributed by atoms with Gasteiger partial charge < -0.3 is 21.9 Å². The van der Waals surface area contributed by atoms with Crippen molar-refractivity contribution in [3.05, 3.63) is 29.8 Å². The number of hydrogen-bond acceptors (Lipinski definition) is 3. The van der Waals surface area contributed by atoms with Crippen LogP contribution in [0.3, 0.4) is 0 Å². The molecule has 0 unspecified atom stereocenters. The van der Waals surface area contributed by atoms with E-state index in [1.54, 1.807) is 24.3 Å². The summed E-state index contributed by atoms with van der Waals surface area (Å²) in [6.45, 7) is 0. The van der Waals surface area contributed by atoms with E-state index in [-0.39, 0.29) is 6.42 Å². The van der Waals surface area contributed by atoms with Gasteiger partial charge in [-0.1, -0.05) is 12.1 Å². The maximum atomic E-state index is 11.5. The number of aryl methyl sites for hydroxylation is 1. The SMILES string of the molecule is NC(N)=NC(=O)CC(=O)Nc1ccc(CCC(=O)O)cc1. The Morgan fingerprint density at radius 3 is 2.29 bits per heavy atom. The van der Waals surface area contributed by atoms with E-state index < -0.39 is 30.2 Å². The van der Waals surface area contributed by atoms with Crippen LogP contribution in [0.25, 0.3) is 0 Å². The largest absolute Gasteiger partial charge is 0.481 e. The Morgan fingerprint density at radius 2 is 1.76 bits per heavy atom. The summed E-state index contributed by atoms with van der Waals surface area (Å²) in [6, 6.07) is 6.66. The van der Waals surface area contributed by atoms with Crippen molar-refractivity contribution < 1.29 is 19.5 Å². The number of amides is 2. The van der Waals surface area contributed by atoms with E-state index in [4.69, 9.17) is 16.6 Å². The van der Waals surface area contributed by atoms with Crippen LogP contribution in [0, 0.1) is 0 Å². The number of aliphatic imine (C=N–C) groups is 1. The molecule has 8 heteroatoms. The van der Waals surface area contributed by atoms with Crippen LogP contribution >= 0.6 is 0 Å². The van der Waals surface area contributed by atoms with Gasteiger partial charge in [-0.3, -0.25) is 14.4 Å². The first kappa shape index (κ1) is 16.2. The van der Waals surface area contributed by atoms with Gasteiger partial charge in [0.2, 0.25) is 5.91 Å². The van der Waals surface area contributed by atoms with E-state index in [1.807, 2.05) is 0 Å². The van der Waals surface area contributed by atoms with Gasteiger partial charge in [-0.15, -0.1) is 0 Å². The van der Waals surface area contributed by atoms with E-state index in [2.05, 4.69) is 10.3 Å². The Morgan fingerprint density at radius 1 is 1.14 bits per heavy atom. The molecule has 1 aromatic carbocycles. The molecule has 21 heavy (non-hydrogen) atoms. The fourth-order valence-electron chi connectivity index (χ4n) is 1.53. The number of rotatable bonds is 6. The Labute approximate surface area is 120 Å². The molecule has 0 aromatic heterocycles. The molecule has 8 nitrogen and oxygen atoms in total. The molecule has 0 aliphatic carbocycles. The predicted molar refractivity (Wildman–Crippen MR) is 76.5 cm³/mol. The quantitative estimate of drug-likeness (QED) is 0.325. The summed E-state index contributed by atoms with van der Waals surface area (Å²) in [7, 11) is 0. The van der Waals surface area contributed by atoms with Crippen LogP contribution in [0.5, 0.6) is 0 Å². The average molecular weight is 292 g/mol. The van der Waals surface area contributed by atoms with E-state index in [0.717, 1.165) is 5.56 Å². The van der Waals surface area contributed by atoms with Gasteiger partial charge in [-0.2, -0.15) is 4.99 Å². The lowest BCUT2D eigenvalue weighted by Crippen LogP contribution is -2.25. The van der Waals surface area contributed by atoms with Crippen molar-refractivity contribution in [2.45, 2.75) is 19.3 Å². The molecule has 2 amide bonds. The van der Waals surface area contributed by atoms with Crippen LogP contribution < -0.4 is 16.8 Å². The van der Waals surface area contributed by atoms with Crippen molar-refractivity contribution in [1.82, 2.24) is 0 Å². The number of anilines is 1. The normalized spacial score (nSPS) is 9.71. The van der Waals surface area contributed by atoms with Crippen LogP contribution in [0.15, 0.2) is 29.3 Å². The molecule has 112 valence electrons. The molecule has 1 aromatic rings. The van der Waals surface area contributed by atoms with Crippen LogP contribution in [0.1, 0.15) is 18.4 Å². The molecule has 0 radical (unpaired) electrons. The van der Waals surface area contributed by atoms with Gasteiger partial charge in [0.25, 0.3) is 5.91 Å². The number of hydrogen-bond donors (Lipinski definition) is 4. The van der Waals surface area contributed by atoms with Gasteiger partial charge >= 0.3 is 5.97 Å². The van der Waals surface area contributed by atoms with E-state index in [1.165, 1.54) is 0 Å². The number of guanidine groups is 1. The zero-order chi connectivity index (χ0) is 15.8. The van der Waals surface area contributed by atoms with Gasteiger partial charge in [0, 0.05) is 12.1 Å². The van der Waals surface area contributed by atoms with Crippen LogP contribution in [-0.2, 0) is 20.8 Å². The van der Waals surface area contributed by atoms with Crippen LogP contribution in [-0.4, -0.2) is 28.8 Å². The molecule has 0 saturated carbocycles. The fraction of sp³-hybridized carbons (Fsp3) is 0.231.